The molecule has 0 aromatic carbocycles. The first-order valence-corrected chi connectivity index (χ1v) is 7.29. The normalized spacial score (nSPS) is 32.5. The van der Waals surface area contributed by atoms with Crippen LogP contribution in [-0.2, 0) is 9.53 Å². The van der Waals surface area contributed by atoms with Crippen LogP contribution in [0.3, 0.4) is 0 Å². The molecule has 2 unspecified atom stereocenters. The summed E-state index contributed by atoms with van der Waals surface area (Å²) in [6.07, 6.45) is 1.86. The van der Waals surface area contributed by atoms with Gasteiger partial charge < -0.3 is 10.1 Å². The predicted molar refractivity (Wildman–Crippen MR) is 69.5 cm³/mol. The van der Waals surface area contributed by atoms with Crippen LogP contribution in [0.5, 0.6) is 0 Å². The third-order valence-corrected chi connectivity index (χ3v) is 3.40. The van der Waals surface area contributed by atoms with Crippen LogP contribution >= 0.6 is 47.8 Å². The van der Waals surface area contributed by atoms with E-state index in [9.17, 15) is 4.79 Å². The van der Waals surface area contributed by atoms with E-state index in [0.29, 0.717) is 12.1 Å². The van der Waals surface area contributed by atoms with Crippen LogP contribution in [-0.4, -0.2) is 26.3 Å². The molecule has 1 heterocycles. The zero-order valence-electron chi connectivity index (χ0n) is 8.67. The van der Waals surface area contributed by atoms with Crippen LogP contribution < -0.4 is 5.32 Å². The average molecular weight is 409 g/mol. The van der Waals surface area contributed by atoms with Gasteiger partial charge in [0.1, 0.15) is 6.10 Å². The molecule has 1 fully saturated rings. The highest BCUT2D eigenvalue weighted by molar-refractivity contribution is 9.40. The van der Waals surface area contributed by atoms with E-state index in [0.717, 1.165) is 12.8 Å². The SMILES string of the molecule is CC1CC(OC(=O)C(Br)(Br)Br)CC(C)[NH2+]1. The van der Waals surface area contributed by atoms with Gasteiger partial charge in [0.15, 0.2) is 0 Å². The lowest BCUT2D eigenvalue weighted by atomic mass is 9.98. The minimum Gasteiger partial charge on any atom is -0.460 e. The van der Waals surface area contributed by atoms with Gasteiger partial charge in [0.2, 0.25) is 2.14 Å². The number of esters is 1. The molecule has 0 spiro atoms. The van der Waals surface area contributed by atoms with E-state index in [1.165, 1.54) is 0 Å². The molecule has 2 atom stereocenters. The first-order valence-electron chi connectivity index (χ1n) is 4.92. The number of alkyl halides is 3. The van der Waals surface area contributed by atoms with Crippen LogP contribution in [0.1, 0.15) is 26.7 Å². The third kappa shape index (κ3) is 4.71. The summed E-state index contributed by atoms with van der Waals surface area (Å²) in [6.45, 7) is 4.31. The first-order chi connectivity index (χ1) is 6.79. The second-order valence-corrected chi connectivity index (χ2v) is 10.9. The maximum absolute atomic E-state index is 11.6. The van der Waals surface area contributed by atoms with Crippen molar-refractivity contribution in [3.63, 3.8) is 0 Å². The first kappa shape index (κ1) is 13.9. The molecule has 1 rings (SSSR count). The van der Waals surface area contributed by atoms with Gasteiger partial charge in [-0.1, -0.05) is 0 Å². The second-order valence-electron chi connectivity index (χ2n) is 4.14. The molecule has 0 aromatic heterocycles. The predicted octanol–water partition coefficient (Wildman–Crippen LogP) is 1.87. The van der Waals surface area contributed by atoms with Crippen LogP contribution in [0, 0.1) is 0 Å². The molecule has 1 saturated heterocycles. The molecule has 1 aliphatic rings. The molecule has 0 saturated carbocycles. The van der Waals surface area contributed by atoms with Crippen molar-refractivity contribution in [2.24, 2.45) is 0 Å². The number of rotatable bonds is 1. The lowest BCUT2D eigenvalue weighted by molar-refractivity contribution is -0.726. The number of piperidine rings is 1. The van der Waals surface area contributed by atoms with Gasteiger partial charge in [0, 0.05) is 12.8 Å². The fourth-order valence-electron chi connectivity index (χ4n) is 1.96. The Morgan fingerprint density at radius 3 is 2.13 bits per heavy atom. The molecule has 15 heavy (non-hydrogen) atoms. The summed E-state index contributed by atoms with van der Waals surface area (Å²) in [5.74, 6) is -0.325. The van der Waals surface area contributed by atoms with Crippen molar-refractivity contribution < 1.29 is 14.8 Å². The second kappa shape index (κ2) is 5.47. The number of nitrogens with two attached hydrogens (primary N) is 1. The Morgan fingerprint density at radius 1 is 1.27 bits per heavy atom. The highest BCUT2D eigenvalue weighted by atomic mass is 80.0. The van der Waals surface area contributed by atoms with Crippen LogP contribution in [0.4, 0.5) is 0 Å². The standard InChI is InChI=1S/C9H14Br3NO2/c1-5-3-7(4-6(2)13-5)15-8(14)9(10,11)12/h5-7,13H,3-4H2,1-2H3/p+1. The van der Waals surface area contributed by atoms with Crippen molar-refractivity contribution in [2.75, 3.05) is 0 Å². The van der Waals surface area contributed by atoms with Gasteiger partial charge in [-0.05, 0) is 61.6 Å². The largest absolute Gasteiger partial charge is 0.460 e. The van der Waals surface area contributed by atoms with Crippen molar-refractivity contribution in [3.05, 3.63) is 0 Å². The summed E-state index contributed by atoms with van der Waals surface area (Å²) in [6, 6.07) is 1.03. The lowest BCUT2D eigenvalue weighted by Crippen LogP contribution is -2.96. The summed E-state index contributed by atoms with van der Waals surface area (Å²) in [5.41, 5.74) is 0. The number of carbonyl (C=O) groups is 1. The highest BCUT2D eigenvalue weighted by Gasteiger charge is 2.35. The van der Waals surface area contributed by atoms with Crippen LogP contribution in [0.15, 0.2) is 0 Å². The van der Waals surface area contributed by atoms with E-state index >= 15 is 0 Å². The molecular weight excluding hydrogens is 394 g/mol. The minimum absolute atomic E-state index is 0.0273. The molecular formula is C9H15Br3NO2+. The Morgan fingerprint density at radius 2 is 1.73 bits per heavy atom. The maximum Gasteiger partial charge on any atom is 0.345 e. The van der Waals surface area contributed by atoms with Crippen molar-refractivity contribution >= 4 is 53.8 Å². The van der Waals surface area contributed by atoms with Crippen LogP contribution in [0.25, 0.3) is 0 Å². The fourth-order valence-corrected chi connectivity index (χ4v) is 2.24. The highest BCUT2D eigenvalue weighted by Crippen LogP contribution is 2.35. The van der Waals surface area contributed by atoms with E-state index in [1.54, 1.807) is 0 Å². The van der Waals surface area contributed by atoms with Gasteiger partial charge >= 0.3 is 5.97 Å². The van der Waals surface area contributed by atoms with Gasteiger partial charge in [0.05, 0.1) is 12.1 Å². The van der Waals surface area contributed by atoms with E-state index in [1.807, 2.05) is 0 Å². The summed E-state index contributed by atoms with van der Waals surface area (Å²) in [4.78, 5) is 11.6. The number of quaternary nitrogens is 1. The zero-order chi connectivity index (χ0) is 11.6. The van der Waals surface area contributed by atoms with Gasteiger partial charge in [0.25, 0.3) is 0 Å². The van der Waals surface area contributed by atoms with E-state index in [2.05, 4.69) is 67.0 Å². The summed E-state index contributed by atoms with van der Waals surface area (Å²) >= 11 is 9.46. The Balaban J connectivity index is 2.48. The van der Waals surface area contributed by atoms with E-state index < -0.39 is 2.14 Å². The smallest absolute Gasteiger partial charge is 0.345 e. The van der Waals surface area contributed by atoms with Gasteiger partial charge in [-0.2, -0.15) is 0 Å². The fraction of sp³-hybridized carbons (Fsp3) is 0.889. The van der Waals surface area contributed by atoms with E-state index in [-0.39, 0.29) is 12.1 Å². The summed E-state index contributed by atoms with van der Waals surface area (Å²) in [5, 5.41) is 2.31. The number of ether oxygens (including phenoxy) is 1. The van der Waals surface area contributed by atoms with Crippen molar-refractivity contribution in [1.82, 2.24) is 0 Å². The topological polar surface area (TPSA) is 42.9 Å². The molecule has 3 nitrogen and oxygen atoms in total. The lowest BCUT2D eigenvalue weighted by Gasteiger charge is -2.30. The molecule has 2 N–H and O–H groups in total. The van der Waals surface area contributed by atoms with Gasteiger partial charge in [-0.3, -0.25) is 0 Å². The summed E-state index contributed by atoms with van der Waals surface area (Å²) < 4.78 is 4.45. The molecule has 88 valence electrons. The molecule has 1 aliphatic heterocycles. The zero-order valence-corrected chi connectivity index (χ0v) is 13.4. The average Bonchev–Trinajstić information content (AvgIpc) is 1.99. The molecule has 0 radical (unpaired) electrons. The number of halogens is 3. The monoisotopic (exact) mass is 406 g/mol. The van der Waals surface area contributed by atoms with E-state index in [4.69, 9.17) is 4.74 Å². The van der Waals surface area contributed by atoms with Crippen molar-refractivity contribution in [1.29, 1.82) is 0 Å². The molecule has 6 heteroatoms. The minimum atomic E-state index is -0.944. The van der Waals surface area contributed by atoms with Gasteiger partial charge in [-0.25, -0.2) is 4.79 Å². The Kier molecular flexibility index (Phi) is 5.08. The molecule has 0 aromatic rings. The maximum atomic E-state index is 11.6. The summed E-state index contributed by atoms with van der Waals surface area (Å²) in [7, 11) is 0. The quantitative estimate of drug-likeness (QED) is 0.531. The van der Waals surface area contributed by atoms with Gasteiger partial charge in [-0.15, -0.1) is 0 Å². The van der Waals surface area contributed by atoms with Crippen molar-refractivity contribution in [3.8, 4) is 0 Å². The molecule has 0 amide bonds. The molecule has 0 bridgehead atoms. The molecule has 0 aliphatic carbocycles. The number of hydrogen-bond donors (Lipinski definition) is 1. The number of hydrogen-bond acceptors (Lipinski definition) is 2. The Labute approximate surface area is 115 Å². The van der Waals surface area contributed by atoms with Crippen LogP contribution in [0.2, 0.25) is 0 Å². The Hall–Kier alpha value is 0.870. The third-order valence-electron chi connectivity index (χ3n) is 2.43. The Bertz CT molecular complexity index is 232. The number of carbonyl (C=O) groups excluding carboxylic acids is 1. The van der Waals surface area contributed by atoms with Crippen molar-refractivity contribution in [2.45, 2.75) is 47.0 Å².